The first-order valence-electron chi connectivity index (χ1n) is 6.76. The summed E-state index contributed by atoms with van der Waals surface area (Å²) >= 11 is 0. The molecule has 1 aliphatic rings. The molecule has 1 aliphatic heterocycles. The van der Waals surface area contributed by atoms with E-state index in [9.17, 15) is 9.18 Å². The van der Waals surface area contributed by atoms with Crippen molar-refractivity contribution < 1.29 is 4.39 Å². The fourth-order valence-corrected chi connectivity index (χ4v) is 2.48. The lowest BCUT2D eigenvalue weighted by Crippen LogP contribution is -2.48. The number of aromatic amines is 1. The number of anilines is 1. The zero-order valence-electron chi connectivity index (χ0n) is 11.8. The third kappa shape index (κ3) is 3.56. The normalized spacial score (nSPS) is 18.5. The molecule has 2 heterocycles. The second kappa shape index (κ2) is 5.33. The van der Waals surface area contributed by atoms with Crippen LogP contribution in [0.15, 0.2) is 17.1 Å². The summed E-state index contributed by atoms with van der Waals surface area (Å²) in [5.74, 6) is -0.422. The SMILES string of the molecule is CC(C)(C)N1CCC(Nc2cc(F)c[nH]c2=O)CC1. The summed E-state index contributed by atoms with van der Waals surface area (Å²) in [6.07, 6.45) is 3.01. The fraction of sp³-hybridized carbons (Fsp3) is 0.643. The van der Waals surface area contributed by atoms with Crippen molar-refractivity contribution in [2.24, 2.45) is 0 Å². The molecule has 4 nitrogen and oxygen atoms in total. The Hall–Kier alpha value is -1.36. The van der Waals surface area contributed by atoms with Crippen LogP contribution in [0.25, 0.3) is 0 Å². The lowest BCUT2D eigenvalue weighted by molar-refractivity contribution is 0.106. The van der Waals surface area contributed by atoms with Gasteiger partial charge < -0.3 is 10.3 Å². The largest absolute Gasteiger partial charge is 0.378 e. The number of nitrogens with one attached hydrogen (secondary N) is 2. The lowest BCUT2D eigenvalue weighted by atomic mass is 9.98. The third-order valence-electron chi connectivity index (χ3n) is 3.67. The molecular formula is C14H22FN3O. The van der Waals surface area contributed by atoms with Gasteiger partial charge in [-0.15, -0.1) is 0 Å². The molecular weight excluding hydrogens is 245 g/mol. The zero-order valence-corrected chi connectivity index (χ0v) is 11.8. The van der Waals surface area contributed by atoms with Gasteiger partial charge in [0.1, 0.15) is 11.5 Å². The summed E-state index contributed by atoms with van der Waals surface area (Å²) in [6.45, 7) is 8.61. The van der Waals surface area contributed by atoms with Gasteiger partial charge >= 0.3 is 0 Å². The Morgan fingerprint density at radius 3 is 2.58 bits per heavy atom. The zero-order chi connectivity index (χ0) is 14.0. The number of hydrogen-bond donors (Lipinski definition) is 2. The lowest BCUT2D eigenvalue weighted by Gasteiger charge is -2.41. The highest BCUT2D eigenvalue weighted by Gasteiger charge is 2.27. The molecule has 1 fully saturated rings. The van der Waals surface area contributed by atoms with Crippen LogP contribution in [0.3, 0.4) is 0 Å². The van der Waals surface area contributed by atoms with Crippen LogP contribution in [0.1, 0.15) is 33.6 Å². The molecule has 0 amide bonds. The van der Waals surface area contributed by atoms with E-state index < -0.39 is 5.82 Å². The maximum absolute atomic E-state index is 13.1. The van der Waals surface area contributed by atoms with Crippen LogP contribution in [0.2, 0.25) is 0 Å². The van der Waals surface area contributed by atoms with Crippen LogP contribution in [-0.4, -0.2) is 34.6 Å². The molecule has 1 aromatic rings. The minimum Gasteiger partial charge on any atom is -0.378 e. The fourth-order valence-electron chi connectivity index (χ4n) is 2.48. The van der Waals surface area contributed by atoms with Crippen molar-refractivity contribution in [1.29, 1.82) is 0 Å². The van der Waals surface area contributed by atoms with Gasteiger partial charge in [-0.25, -0.2) is 4.39 Å². The molecule has 0 atom stereocenters. The van der Waals surface area contributed by atoms with Gasteiger partial charge in [0.15, 0.2) is 0 Å². The first kappa shape index (κ1) is 14.1. The van der Waals surface area contributed by atoms with E-state index in [1.165, 1.54) is 6.07 Å². The third-order valence-corrected chi connectivity index (χ3v) is 3.67. The standard InChI is InChI=1S/C14H22FN3O/c1-14(2,3)18-6-4-11(5-7-18)17-12-8-10(15)9-16-13(12)19/h8-9,11,17H,4-7H2,1-3H3,(H,16,19). The molecule has 0 aliphatic carbocycles. The van der Waals surface area contributed by atoms with E-state index >= 15 is 0 Å². The summed E-state index contributed by atoms with van der Waals surface area (Å²) in [7, 11) is 0. The van der Waals surface area contributed by atoms with E-state index in [4.69, 9.17) is 0 Å². The van der Waals surface area contributed by atoms with Gasteiger partial charge in [-0.05, 0) is 33.6 Å². The Bertz CT molecular complexity index is 484. The minimum absolute atomic E-state index is 0.182. The van der Waals surface area contributed by atoms with Gasteiger partial charge in [0.2, 0.25) is 0 Å². The van der Waals surface area contributed by atoms with Crippen LogP contribution in [0.4, 0.5) is 10.1 Å². The Kier molecular flexibility index (Phi) is 3.94. The number of aromatic nitrogens is 1. The maximum Gasteiger partial charge on any atom is 0.271 e. The molecule has 19 heavy (non-hydrogen) atoms. The quantitative estimate of drug-likeness (QED) is 0.863. The van der Waals surface area contributed by atoms with E-state index in [1.807, 2.05) is 0 Å². The van der Waals surface area contributed by atoms with Crippen LogP contribution in [-0.2, 0) is 0 Å². The van der Waals surface area contributed by atoms with Crippen molar-refractivity contribution in [3.8, 4) is 0 Å². The highest BCUT2D eigenvalue weighted by atomic mass is 19.1. The summed E-state index contributed by atoms with van der Waals surface area (Å²) in [5, 5.41) is 3.15. The summed E-state index contributed by atoms with van der Waals surface area (Å²) in [4.78, 5) is 16.4. The van der Waals surface area contributed by atoms with Gasteiger partial charge in [-0.3, -0.25) is 9.69 Å². The molecule has 106 valence electrons. The Morgan fingerprint density at radius 1 is 1.37 bits per heavy atom. The van der Waals surface area contributed by atoms with Gasteiger partial charge in [0.25, 0.3) is 5.56 Å². The van der Waals surface area contributed by atoms with Crippen LogP contribution < -0.4 is 10.9 Å². The number of H-pyrrole nitrogens is 1. The number of nitrogens with zero attached hydrogens (tertiary/aromatic N) is 1. The molecule has 2 rings (SSSR count). The predicted octanol–water partition coefficient (Wildman–Crippen LogP) is 2.19. The predicted molar refractivity (Wildman–Crippen MR) is 75.0 cm³/mol. The van der Waals surface area contributed by atoms with Crippen LogP contribution in [0.5, 0.6) is 0 Å². The maximum atomic E-state index is 13.1. The van der Waals surface area contributed by atoms with E-state index in [0.29, 0.717) is 5.69 Å². The molecule has 2 N–H and O–H groups in total. The van der Waals surface area contributed by atoms with Crippen molar-refractivity contribution in [3.63, 3.8) is 0 Å². The second-order valence-electron chi connectivity index (χ2n) is 6.14. The topological polar surface area (TPSA) is 48.1 Å². The van der Waals surface area contributed by atoms with Gasteiger partial charge in [0.05, 0.1) is 0 Å². The summed E-state index contributed by atoms with van der Waals surface area (Å²) in [5.41, 5.74) is 0.246. The summed E-state index contributed by atoms with van der Waals surface area (Å²) in [6, 6.07) is 1.50. The highest BCUT2D eigenvalue weighted by Crippen LogP contribution is 2.21. The Balaban J connectivity index is 1.96. The molecule has 0 saturated carbocycles. The second-order valence-corrected chi connectivity index (χ2v) is 6.14. The summed E-state index contributed by atoms with van der Waals surface area (Å²) < 4.78 is 13.1. The van der Waals surface area contributed by atoms with E-state index in [-0.39, 0.29) is 17.1 Å². The molecule has 5 heteroatoms. The van der Waals surface area contributed by atoms with Crippen molar-refractivity contribution in [2.75, 3.05) is 18.4 Å². The monoisotopic (exact) mass is 267 g/mol. The molecule has 0 radical (unpaired) electrons. The molecule has 0 unspecified atom stereocenters. The van der Waals surface area contributed by atoms with Gasteiger partial charge in [0, 0.05) is 36.9 Å². The molecule has 0 spiro atoms. The van der Waals surface area contributed by atoms with Crippen molar-refractivity contribution in [3.05, 3.63) is 28.4 Å². The van der Waals surface area contributed by atoms with Gasteiger partial charge in [-0.1, -0.05) is 0 Å². The number of likely N-dealkylation sites (tertiary alicyclic amines) is 1. The van der Waals surface area contributed by atoms with Gasteiger partial charge in [-0.2, -0.15) is 0 Å². The number of hydrogen-bond acceptors (Lipinski definition) is 3. The van der Waals surface area contributed by atoms with E-state index in [0.717, 1.165) is 32.1 Å². The van der Waals surface area contributed by atoms with E-state index in [2.05, 4.69) is 36.0 Å². The number of halogens is 1. The molecule has 1 aromatic heterocycles. The van der Waals surface area contributed by atoms with E-state index in [1.54, 1.807) is 0 Å². The average Bonchev–Trinajstić information content (AvgIpc) is 2.33. The van der Waals surface area contributed by atoms with Crippen LogP contribution in [0, 0.1) is 5.82 Å². The minimum atomic E-state index is -0.422. The Labute approximate surface area is 113 Å². The van der Waals surface area contributed by atoms with Crippen molar-refractivity contribution in [1.82, 2.24) is 9.88 Å². The number of rotatable bonds is 2. The Morgan fingerprint density at radius 2 is 2.00 bits per heavy atom. The van der Waals surface area contributed by atoms with Crippen molar-refractivity contribution >= 4 is 5.69 Å². The smallest absolute Gasteiger partial charge is 0.271 e. The molecule has 0 bridgehead atoms. The average molecular weight is 267 g/mol. The van der Waals surface area contributed by atoms with Crippen molar-refractivity contribution in [2.45, 2.75) is 45.2 Å². The first-order valence-corrected chi connectivity index (χ1v) is 6.76. The van der Waals surface area contributed by atoms with Crippen LogP contribution >= 0.6 is 0 Å². The number of pyridine rings is 1. The highest BCUT2D eigenvalue weighted by molar-refractivity contribution is 5.41. The number of piperidine rings is 1. The molecule has 1 saturated heterocycles. The first-order chi connectivity index (χ1) is 8.86. The molecule has 0 aromatic carbocycles.